The first-order chi connectivity index (χ1) is 7.70. The molecule has 0 unspecified atom stereocenters. The predicted molar refractivity (Wildman–Crippen MR) is 60.2 cm³/mol. The minimum atomic E-state index is -1.17. The lowest BCUT2D eigenvalue weighted by molar-refractivity contribution is 0.00664. The highest BCUT2D eigenvalue weighted by Crippen LogP contribution is 2.22. The third-order valence-corrected chi connectivity index (χ3v) is 1.86. The lowest BCUT2D eigenvalue weighted by Gasteiger charge is -2.19. The van der Waals surface area contributed by atoms with Gasteiger partial charge in [-0.15, -0.1) is 0 Å². The number of rotatable bonds is 2. The van der Waals surface area contributed by atoms with Crippen LogP contribution in [0.15, 0.2) is 18.2 Å². The zero-order valence-corrected chi connectivity index (χ0v) is 9.85. The molecular formula is C12H14O5. The molecule has 0 bridgehead atoms. The van der Waals surface area contributed by atoms with Gasteiger partial charge in [-0.1, -0.05) is 0 Å². The smallest absolute Gasteiger partial charge is 0.342 e. The van der Waals surface area contributed by atoms with Crippen molar-refractivity contribution in [1.82, 2.24) is 0 Å². The van der Waals surface area contributed by atoms with E-state index >= 15 is 0 Å². The maximum absolute atomic E-state index is 11.6. The molecule has 0 saturated heterocycles. The van der Waals surface area contributed by atoms with Crippen LogP contribution in [0.1, 0.15) is 41.5 Å². The molecule has 1 aromatic carbocycles. The molecule has 0 fully saturated rings. The Hall–Kier alpha value is -2.04. The van der Waals surface area contributed by atoms with Crippen molar-refractivity contribution in [2.24, 2.45) is 0 Å². The van der Waals surface area contributed by atoms with Crippen LogP contribution < -0.4 is 0 Å². The van der Waals surface area contributed by atoms with Crippen molar-refractivity contribution >= 4 is 11.9 Å². The number of hydrogen-bond acceptors (Lipinski definition) is 4. The molecule has 0 aromatic heterocycles. The zero-order valence-electron chi connectivity index (χ0n) is 9.85. The number of ether oxygens (including phenoxy) is 1. The molecule has 1 aromatic rings. The van der Waals surface area contributed by atoms with Crippen molar-refractivity contribution < 1.29 is 24.5 Å². The van der Waals surface area contributed by atoms with Crippen LogP contribution in [-0.2, 0) is 4.74 Å². The van der Waals surface area contributed by atoms with E-state index in [1.54, 1.807) is 20.8 Å². The lowest BCUT2D eigenvalue weighted by Crippen LogP contribution is -2.24. The van der Waals surface area contributed by atoms with Crippen LogP contribution in [0.25, 0.3) is 0 Å². The van der Waals surface area contributed by atoms with Gasteiger partial charge in [0.2, 0.25) is 0 Å². The molecule has 0 aliphatic carbocycles. The SMILES string of the molecule is CC(C)(C)OC(=O)c1ccc(C(=O)O)cc1O. The Labute approximate surface area is 98.6 Å². The molecule has 17 heavy (non-hydrogen) atoms. The number of aromatic hydroxyl groups is 1. The second-order valence-corrected chi connectivity index (χ2v) is 4.54. The maximum atomic E-state index is 11.6. The first-order valence-corrected chi connectivity index (χ1v) is 5.00. The molecule has 0 spiro atoms. The summed E-state index contributed by atoms with van der Waals surface area (Å²) in [6.07, 6.45) is 0. The first kappa shape index (κ1) is 13.0. The highest BCUT2D eigenvalue weighted by atomic mass is 16.6. The summed E-state index contributed by atoms with van der Waals surface area (Å²) in [5, 5.41) is 18.2. The zero-order chi connectivity index (χ0) is 13.2. The lowest BCUT2D eigenvalue weighted by atomic mass is 10.1. The summed E-state index contributed by atoms with van der Waals surface area (Å²) in [5.41, 5.74) is -0.811. The second-order valence-electron chi connectivity index (χ2n) is 4.54. The average Bonchev–Trinajstić information content (AvgIpc) is 2.14. The van der Waals surface area contributed by atoms with Crippen molar-refractivity contribution in [2.45, 2.75) is 26.4 Å². The molecule has 0 heterocycles. The Morgan fingerprint density at radius 1 is 1.24 bits per heavy atom. The third kappa shape index (κ3) is 3.48. The molecule has 1 rings (SSSR count). The van der Waals surface area contributed by atoms with Gasteiger partial charge in [-0.3, -0.25) is 0 Å². The number of benzene rings is 1. The molecule has 92 valence electrons. The fourth-order valence-electron chi connectivity index (χ4n) is 1.17. The number of carbonyl (C=O) groups excluding carboxylic acids is 1. The Bertz CT molecular complexity index is 456. The summed E-state index contributed by atoms with van der Waals surface area (Å²) >= 11 is 0. The van der Waals surface area contributed by atoms with E-state index < -0.39 is 23.3 Å². The summed E-state index contributed by atoms with van der Waals surface area (Å²) in [6.45, 7) is 5.11. The maximum Gasteiger partial charge on any atom is 0.342 e. The minimum absolute atomic E-state index is 0.0510. The molecule has 0 amide bonds. The molecule has 0 aliphatic heterocycles. The average molecular weight is 238 g/mol. The molecule has 5 nitrogen and oxygen atoms in total. The van der Waals surface area contributed by atoms with E-state index in [1.165, 1.54) is 12.1 Å². The fraction of sp³-hybridized carbons (Fsp3) is 0.333. The van der Waals surface area contributed by atoms with E-state index in [1.807, 2.05) is 0 Å². The van der Waals surface area contributed by atoms with Crippen molar-refractivity contribution in [3.05, 3.63) is 29.3 Å². The van der Waals surface area contributed by atoms with Gasteiger partial charge in [0.25, 0.3) is 0 Å². The Balaban J connectivity index is 3.00. The largest absolute Gasteiger partial charge is 0.507 e. The van der Waals surface area contributed by atoms with E-state index in [9.17, 15) is 14.7 Å². The molecule has 0 aliphatic rings. The Morgan fingerprint density at radius 3 is 2.24 bits per heavy atom. The van der Waals surface area contributed by atoms with E-state index in [-0.39, 0.29) is 11.1 Å². The molecule has 2 N–H and O–H groups in total. The minimum Gasteiger partial charge on any atom is -0.507 e. The molecule has 0 radical (unpaired) electrons. The van der Waals surface area contributed by atoms with Gasteiger partial charge in [0, 0.05) is 0 Å². The van der Waals surface area contributed by atoms with E-state index in [0.29, 0.717) is 0 Å². The van der Waals surface area contributed by atoms with Crippen LogP contribution >= 0.6 is 0 Å². The van der Waals surface area contributed by atoms with Gasteiger partial charge in [0.05, 0.1) is 5.56 Å². The van der Waals surface area contributed by atoms with Gasteiger partial charge < -0.3 is 14.9 Å². The fourth-order valence-corrected chi connectivity index (χ4v) is 1.17. The number of phenolic OH excluding ortho intramolecular Hbond substituents is 1. The van der Waals surface area contributed by atoms with Crippen LogP contribution in [0.5, 0.6) is 5.75 Å². The van der Waals surface area contributed by atoms with E-state index in [4.69, 9.17) is 9.84 Å². The normalized spacial score (nSPS) is 11.0. The number of hydrogen-bond donors (Lipinski definition) is 2. The van der Waals surface area contributed by atoms with Crippen LogP contribution in [-0.4, -0.2) is 27.8 Å². The van der Waals surface area contributed by atoms with Crippen LogP contribution in [0.4, 0.5) is 0 Å². The number of carbonyl (C=O) groups is 2. The van der Waals surface area contributed by atoms with E-state index in [2.05, 4.69) is 0 Å². The van der Waals surface area contributed by atoms with Crippen LogP contribution in [0.2, 0.25) is 0 Å². The Morgan fingerprint density at radius 2 is 1.82 bits per heavy atom. The summed E-state index contributed by atoms with van der Waals surface area (Å²) in [5.74, 6) is -2.26. The van der Waals surface area contributed by atoms with Gasteiger partial charge in [-0.25, -0.2) is 9.59 Å². The van der Waals surface area contributed by atoms with Gasteiger partial charge in [-0.05, 0) is 39.0 Å². The number of aromatic carboxylic acids is 1. The number of phenols is 1. The predicted octanol–water partition coefficient (Wildman–Crippen LogP) is 2.05. The Kier molecular flexibility index (Phi) is 3.41. The van der Waals surface area contributed by atoms with Crippen LogP contribution in [0, 0.1) is 0 Å². The quantitative estimate of drug-likeness (QED) is 0.770. The summed E-state index contributed by atoms with van der Waals surface area (Å²) in [7, 11) is 0. The monoisotopic (exact) mass is 238 g/mol. The second kappa shape index (κ2) is 4.45. The van der Waals surface area contributed by atoms with Crippen LogP contribution in [0.3, 0.4) is 0 Å². The first-order valence-electron chi connectivity index (χ1n) is 5.00. The van der Waals surface area contributed by atoms with Gasteiger partial charge >= 0.3 is 11.9 Å². The molecule has 5 heteroatoms. The number of carboxylic acid groups (broad SMARTS) is 1. The van der Waals surface area contributed by atoms with Crippen molar-refractivity contribution in [1.29, 1.82) is 0 Å². The highest BCUT2D eigenvalue weighted by molar-refractivity contribution is 5.95. The topological polar surface area (TPSA) is 83.8 Å². The summed E-state index contributed by atoms with van der Waals surface area (Å²) in [4.78, 5) is 22.3. The van der Waals surface area contributed by atoms with Crippen molar-refractivity contribution in [3.8, 4) is 5.75 Å². The standard InChI is InChI=1S/C12H14O5/c1-12(2,3)17-11(16)8-5-4-7(10(14)15)6-9(8)13/h4-6,13H,1-3H3,(H,14,15). The number of carboxylic acids is 1. The molecule has 0 atom stereocenters. The van der Waals surface area contributed by atoms with Gasteiger partial charge in [-0.2, -0.15) is 0 Å². The van der Waals surface area contributed by atoms with E-state index in [0.717, 1.165) is 6.07 Å². The van der Waals surface area contributed by atoms with Gasteiger partial charge in [0.15, 0.2) is 0 Å². The number of esters is 1. The van der Waals surface area contributed by atoms with Gasteiger partial charge in [0.1, 0.15) is 16.9 Å². The van der Waals surface area contributed by atoms with Crippen molar-refractivity contribution in [2.75, 3.05) is 0 Å². The summed E-state index contributed by atoms with van der Waals surface area (Å²) in [6, 6.07) is 3.48. The molecular weight excluding hydrogens is 224 g/mol. The highest BCUT2D eigenvalue weighted by Gasteiger charge is 2.21. The summed E-state index contributed by atoms with van der Waals surface area (Å²) < 4.78 is 5.06. The van der Waals surface area contributed by atoms with Crippen molar-refractivity contribution in [3.63, 3.8) is 0 Å². The third-order valence-electron chi connectivity index (χ3n) is 1.86. The molecule has 0 saturated carbocycles.